The van der Waals surface area contributed by atoms with Gasteiger partial charge in [0.1, 0.15) is 17.8 Å². The number of nitrogens with zero attached hydrogens (tertiary/aromatic N) is 2. The molecule has 3 amide bonds. The van der Waals surface area contributed by atoms with E-state index in [0.717, 1.165) is 10.3 Å². The molecule has 4 rings (SSSR count). The van der Waals surface area contributed by atoms with Crippen LogP contribution in [0, 0.1) is 5.92 Å². The van der Waals surface area contributed by atoms with E-state index in [1.807, 2.05) is 18.2 Å². The lowest BCUT2D eigenvalue weighted by Crippen LogP contribution is -2.59. The second-order valence-electron chi connectivity index (χ2n) is 12.5. The fraction of sp³-hybridized carbons (Fsp3) is 0.333. The number of ketones is 1. The quantitative estimate of drug-likeness (QED) is 0.0366. The molecule has 0 aliphatic carbocycles. The zero-order valence-corrected chi connectivity index (χ0v) is 29.9. The highest BCUT2D eigenvalue weighted by Crippen LogP contribution is 2.23. The van der Waals surface area contributed by atoms with Gasteiger partial charge in [-0.3, -0.25) is 24.2 Å². The zero-order valence-electron chi connectivity index (χ0n) is 28.3. The molecule has 0 aliphatic rings. The van der Waals surface area contributed by atoms with Gasteiger partial charge in [-0.25, -0.2) is 4.98 Å². The molecule has 0 bridgehead atoms. The fourth-order valence-corrected chi connectivity index (χ4v) is 6.49. The summed E-state index contributed by atoms with van der Waals surface area (Å²) in [7, 11) is 0. The van der Waals surface area contributed by atoms with Crippen molar-refractivity contribution in [2.24, 2.45) is 28.1 Å². The minimum Gasteiger partial charge on any atom is -0.508 e. The van der Waals surface area contributed by atoms with Crippen molar-refractivity contribution in [3.05, 3.63) is 94.0 Å². The lowest BCUT2D eigenvalue weighted by Gasteiger charge is -2.27. The monoisotopic (exact) mass is 734 g/mol. The molecule has 0 radical (unpaired) electrons. The number of carbonyl (C=O) groups is 4. The van der Waals surface area contributed by atoms with E-state index < -0.39 is 47.8 Å². The third-order valence-corrected chi connectivity index (χ3v) is 9.31. The summed E-state index contributed by atoms with van der Waals surface area (Å²) in [5, 5.41) is 18.6. The summed E-state index contributed by atoms with van der Waals surface area (Å²) in [4.78, 5) is 63.2. The lowest BCUT2D eigenvalue weighted by molar-refractivity contribution is -0.133. The van der Waals surface area contributed by atoms with Crippen LogP contribution in [0.15, 0.2) is 77.8 Å². The van der Waals surface area contributed by atoms with Gasteiger partial charge in [0, 0.05) is 18.0 Å². The van der Waals surface area contributed by atoms with Crippen molar-refractivity contribution in [1.82, 2.24) is 20.9 Å². The van der Waals surface area contributed by atoms with Gasteiger partial charge in [-0.1, -0.05) is 61.8 Å². The number of Topliss-reactive ketones (excluding diaryl/α,β-unsaturated/α-hetero) is 1. The number of nitrogens with one attached hydrogen (secondary N) is 3. The molecular formula is C36H43ClN8O5S. The molecule has 0 unspecified atom stereocenters. The van der Waals surface area contributed by atoms with Crippen LogP contribution in [0.4, 0.5) is 0 Å². The van der Waals surface area contributed by atoms with E-state index in [1.165, 1.54) is 23.5 Å². The molecule has 1 aromatic heterocycles. The molecule has 270 valence electrons. The van der Waals surface area contributed by atoms with Gasteiger partial charge in [0.15, 0.2) is 11.0 Å². The number of carbonyl (C=O) groups excluding carboxylic acids is 4. The molecule has 15 heteroatoms. The van der Waals surface area contributed by atoms with Crippen LogP contribution in [0.25, 0.3) is 10.2 Å². The second-order valence-corrected chi connectivity index (χ2v) is 13.9. The maximum absolute atomic E-state index is 13.9. The summed E-state index contributed by atoms with van der Waals surface area (Å²) in [6.07, 6.45) is 0.806. The van der Waals surface area contributed by atoms with Crippen molar-refractivity contribution in [2.45, 2.75) is 63.7 Å². The molecule has 0 saturated carbocycles. The highest BCUT2D eigenvalue weighted by atomic mass is 35.5. The molecule has 0 spiro atoms. The highest BCUT2D eigenvalue weighted by Gasteiger charge is 2.33. The van der Waals surface area contributed by atoms with Gasteiger partial charge in [0.2, 0.25) is 23.5 Å². The van der Waals surface area contributed by atoms with Crippen molar-refractivity contribution in [1.29, 1.82) is 0 Å². The number of aromatic hydroxyl groups is 1. The summed E-state index contributed by atoms with van der Waals surface area (Å²) in [6, 6.07) is 16.3. The van der Waals surface area contributed by atoms with Crippen LogP contribution < -0.4 is 33.2 Å². The predicted octanol–water partition coefficient (Wildman–Crippen LogP) is 2.81. The lowest BCUT2D eigenvalue weighted by atomic mass is 9.99. The number of benzene rings is 3. The van der Waals surface area contributed by atoms with Gasteiger partial charge in [0.05, 0.1) is 22.3 Å². The number of nitrogens with two attached hydrogens (primary N) is 3. The van der Waals surface area contributed by atoms with Gasteiger partial charge >= 0.3 is 0 Å². The first-order chi connectivity index (χ1) is 24.3. The predicted molar refractivity (Wildman–Crippen MR) is 199 cm³/mol. The Bertz CT molecular complexity index is 1830. The first-order valence-corrected chi connectivity index (χ1v) is 17.6. The number of hydrogen-bond donors (Lipinski definition) is 7. The Labute approximate surface area is 305 Å². The van der Waals surface area contributed by atoms with Crippen molar-refractivity contribution in [3.63, 3.8) is 0 Å². The minimum atomic E-state index is -1.13. The van der Waals surface area contributed by atoms with Gasteiger partial charge in [-0.15, -0.1) is 11.3 Å². The fourth-order valence-electron chi connectivity index (χ4n) is 5.32. The van der Waals surface area contributed by atoms with Crippen LogP contribution in [0.3, 0.4) is 0 Å². The molecule has 1 heterocycles. The summed E-state index contributed by atoms with van der Waals surface area (Å²) < 4.78 is 0.828. The summed E-state index contributed by atoms with van der Waals surface area (Å²) in [5.74, 6) is -2.59. The van der Waals surface area contributed by atoms with E-state index in [1.54, 1.807) is 56.3 Å². The van der Waals surface area contributed by atoms with Crippen LogP contribution in [0.5, 0.6) is 5.75 Å². The number of fused-ring (bicyclic) bond motifs is 1. The Hall–Kier alpha value is -5.05. The Morgan fingerprint density at radius 1 is 0.863 bits per heavy atom. The number of thiazole rings is 1. The van der Waals surface area contributed by atoms with E-state index >= 15 is 0 Å². The average molecular weight is 735 g/mol. The van der Waals surface area contributed by atoms with Crippen LogP contribution in [0.2, 0.25) is 5.02 Å². The molecule has 13 nitrogen and oxygen atoms in total. The molecule has 10 N–H and O–H groups in total. The molecular weight excluding hydrogens is 692 g/mol. The first kappa shape index (κ1) is 38.7. The molecule has 0 saturated heterocycles. The van der Waals surface area contributed by atoms with Crippen LogP contribution in [-0.2, 0) is 27.2 Å². The number of guanidine groups is 1. The number of aromatic nitrogens is 1. The van der Waals surface area contributed by atoms with Crippen molar-refractivity contribution in [2.75, 3.05) is 6.54 Å². The number of rotatable bonds is 17. The van der Waals surface area contributed by atoms with Crippen molar-refractivity contribution in [3.8, 4) is 5.75 Å². The highest BCUT2D eigenvalue weighted by molar-refractivity contribution is 7.20. The largest absolute Gasteiger partial charge is 0.508 e. The van der Waals surface area contributed by atoms with E-state index in [0.29, 0.717) is 22.5 Å². The van der Waals surface area contributed by atoms with Gasteiger partial charge in [-0.05, 0) is 72.7 Å². The molecule has 51 heavy (non-hydrogen) atoms. The Morgan fingerprint density at radius 2 is 1.57 bits per heavy atom. The van der Waals surface area contributed by atoms with Gasteiger partial charge in [-0.2, -0.15) is 0 Å². The Balaban J connectivity index is 1.52. The Kier molecular flexibility index (Phi) is 13.9. The standard InChI is InChI=1S/C36H43ClN8O5S/c1-20(2)30(34(50)42-27(10-6-16-41-36(39)40)31(47)35-44-26-9-3-4-11-29(26)51-35)45-33(49)28(19-22-7-5-8-23(37)17-22)43-32(48)25(38)18-21-12-14-24(46)15-13-21/h3-5,7-9,11-15,17,20,25,27-28,30,46H,6,10,16,18-19,38H2,1-2H3,(H,42,50)(H,43,48)(H,45,49)(H4,39,40,41)/t25-,27-,28-,30-/m0/s1. The van der Waals surface area contributed by atoms with Crippen LogP contribution >= 0.6 is 22.9 Å². The SMILES string of the molecule is CC(C)[C@H](NC(=O)[C@H](Cc1cccc(Cl)c1)NC(=O)[C@@H](N)Cc1ccc(O)cc1)C(=O)N[C@@H](CCCN=C(N)N)C(=O)c1nc2ccccc2s1. The molecule has 0 aliphatic heterocycles. The molecule has 3 aromatic carbocycles. The van der Waals surface area contributed by atoms with Gasteiger partial charge in [0.25, 0.3) is 0 Å². The number of amides is 3. The van der Waals surface area contributed by atoms with Gasteiger partial charge < -0.3 is 38.3 Å². The van der Waals surface area contributed by atoms with Crippen molar-refractivity contribution < 1.29 is 24.3 Å². The minimum absolute atomic E-state index is 0.0556. The Morgan fingerprint density at radius 3 is 2.24 bits per heavy atom. The maximum Gasteiger partial charge on any atom is 0.243 e. The normalized spacial score (nSPS) is 13.5. The van der Waals surface area contributed by atoms with E-state index in [9.17, 15) is 24.3 Å². The third-order valence-electron chi connectivity index (χ3n) is 8.02. The number of halogens is 1. The molecule has 4 aromatic rings. The van der Waals surface area contributed by atoms with Crippen LogP contribution in [0.1, 0.15) is 47.6 Å². The van der Waals surface area contributed by atoms with E-state index in [4.69, 9.17) is 28.8 Å². The van der Waals surface area contributed by atoms with Crippen LogP contribution in [-0.4, -0.2) is 70.3 Å². The number of phenols is 1. The van der Waals surface area contributed by atoms with Crippen molar-refractivity contribution >= 4 is 62.6 Å². The summed E-state index contributed by atoms with van der Waals surface area (Å²) >= 11 is 7.43. The average Bonchev–Trinajstić information content (AvgIpc) is 3.53. The van der Waals surface area contributed by atoms with E-state index in [2.05, 4.69) is 25.9 Å². The smallest absolute Gasteiger partial charge is 0.243 e. The third kappa shape index (κ3) is 11.5. The molecule has 0 fully saturated rings. The number of para-hydroxylation sites is 1. The summed E-state index contributed by atoms with van der Waals surface area (Å²) in [5.41, 5.74) is 19.2. The molecule has 4 atom stereocenters. The number of hydrogen-bond acceptors (Lipinski definition) is 9. The number of phenolic OH excluding ortho intramolecular Hbond substituents is 1. The maximum atomic E-state index is 13.9. The number of aliphatic imine (C=N–C) groups is 1. The first-order valence-electron chi connectivity index (χ1n) is 16.4. The summed E-state index contributed by atoms with van der Waals surface area (Å²) in [6.45, 7) is 3.75. The second kappa shape index (κ2) is 18.3. The van der Waals surface area contributed by atoms with E-state index in [-0.39, 0.29) is 48.3 Å². The zero-order chi connectivity index (χ0) is 37.1. The topological polar surface area (TPSA) is 228 Å².